The Balaban J connectivity index is 0.000000174. The van der Waals surface area contributed by atoms with Crippen molar-refractivity contribution in [1.29, 1.82) is 10.5 Å². The Morgan fingerprint density at radius 3 is 1.26 bits per heavy atom. The molecule has 10 heteroatoms. The number of benzene rings is 4. The van der Waals surface area contributed by atoms with Crippen molar-refractivity contribution in [2.24, 2.45) is 0 Å². The number of anilines is 4. The van der Waals surface area contributed by atoms with Gasteiger partial charge >= 0.3 is 0 Å². The van der Waals surface area contributed by atoms with E-state index in [0.29, 0.717) is 29.9 Å². The average molecular weight is 751 g/mol. The Morgan fingerprint density at radius 1 is 0.526 bits per heavy atom. The Bertz CT molecular complexity index is 2400. The molecule has 2 saturated carbocycles. The lowest BCUT2D eigenvalue weighted by molar-refractivity contribution is 0.101. The predicted octanol–water partition coefficient (Wildman–Crippen LogP) is 9.39. The van der Waals surface area contributed by atoms with Crippen LogP contribution in [-0.4, -0.2) is 21.8 Å². The lowest BCUT2D eigenvalue weighted by Gasteiger charge is -2.35. The van der Waals surface area contributed by atoms with E-state index in [0.717, 1.165) is 71.4 Å². The summed E-state index contributed by atoms with van der Waals surface area (Å²) in [5.74, 6) is -0.346. The molecule has 2 amide bonds. The maximum Gasteiger partial charge on any atom is 0.257 e. The molecule has 2 aromatic heterocycles. The monoisotopic (exact) mass is 750 g/mol. The third-order valence-corrected chi connectivity index (χ3v) is 10.6. The summed E-state index contributed by atoms with van der Waals surface area (Å²) in [7, 11) is 0. The van der Waals surface area contributed by atoms with Crippen molar-refractivity contribution in [3.63, 3.8) is 0 Å². The molecule has 6 aromatic rings. The molecule has 282 valence electrons. The summed E-state index contributed by atoms with van der Waals surface area (Å²) in [4.78, 5) is 33.7. The molecule has 2 heterocycles. The van der Waals surface area contributed by atoms with Gasteiger partial charge in [-0.05, 0) is 127 Å². The Hall–Kier alpha value is -7.30. The SMILES string of the molecule is N#CC1(c2ccc(NC(=O)c3ccccc3NCc3ccncc3)cc2)CC1.N#CC1(c2ccc(NC(=O)c3ccccc3NCc3ccncc3)cc2)CCC1. The first-order valence-corrected chi connectivity index (χ1v) is 19.0. The van der Waals surface area contributed by atoms with E-state index in [1.165, 1.54) is 0 Å². The molecular weight excluding hydrogens is 709 g/mol. The van der Waals surface area contributed by atoms with Gasteiger partial charge in [-0.25, -0.2) is 0 Å². The van der Waals surface area contributed by atoms with Crippen LogP contribution in [0.1, 0.15) is 75.1 Å². The van der Waals surface area contributed by atoms with E-state index in [9.17, 15) is 20.1 Å². The van der Waals surface area contributed by atoms with Crippen molar-refractivity contribution < 1.29 is 9.59 Å². The molecule has 57 heavy (non-hydrogen) atoms. The first kappa shape index (κ1) is 38.0. The van der Waals surface area contributed by atoms with Gasteiger partial charge in [-0.1, -0.05) is 48.5 Å². The van der Waals surface area contributed by atoms with Crippen molar-refractivity contribution in [3.8, 4) is 12.1 Å². The van der Waals surface area contributed by atoms with Crippen LogP contribution in [0.3, 0.4) is 0 Å². The number of hydrogen-bond donors (Lipinski definition) is 4. The predicted molar refractivity (Wildman–Crippen MR) is 222 cm³/mol. The highest BCUT2D eigenvalue weighted by Gasteiger charge is 2.44. The van der Waals surface area contributed by atoms with Crippen molar-refractivity contribution >= 4 is 34.6 Å². The minimum Gasteiger partial charge on any atom is -0.380 e. The van der Waals surface area contributed by atoms with Gasteiger partial charge in [0.15, 0.2) is 0 Å². The van der Waals surface area contributed by atoms with Gasteiger partial charge in [0.1, 0.15) is 0 Å². The fourth-order valence-electron chi connectivity index (χ4n) is 6.79. The number of aromatic nitrogens is 2. The van der Waals surface area contributed by atoms with E-state index < -0.39 is 0 Å². The molecular formula is C47H42N8O2. The topological polar surface area (TPSA) is 156 Å². The van der Waals surface area contributed by atoms with Crippen LogP contribution in [0.15, 0.2) is 146 Å². The van der Waals surface area contributed by atoms with Gasteiger partial charge in [0, 0.05) is 60.6 Å². The Kier molecular flexibility index (Phi) is 11.6. The molecule has 2 aliphatic carbocycles. The van der Waals surface area contributed by atoms with Gasteiger partial charge in [-0.2, -0.15) is 10.5 Å². The first-order chi connectivity index (χ1) is 27.9. The summed E-state index contributed by atoms with van der Waals surface area (Å²) in [6.45, 7) is 1.22. The van der Waals surface area contributed by atoms with E-state index in [4.69, 9.17) is 0 Å². The highest BCUT2D eigenvalue weighted by Crippen LogP contribution is 2.47. The molecule has 2 aliphatic rings. The van der Waals surface area contributed by atoms with E-state index in [2.05, 4.69) is 43.4 Å². The van der Waals surface area contributed by atoms with Crippen LogP contribution >= 0.6 is 0 Å². The maximum atomic E-state index is 12.8. The average Bonchev–Trinajstić information content (AvgIpc) is 4.05. The van der Waals surface area contributed by atoms with Gasteiger partial charge in [0.25, 0.3) is 11.8 Å². The summed E-state index contributed by atoms with van der Waals surface area (Å²) >= 11 is 0. The van der Waals surface area contributed by atoms with Crippen molar-refractivity contribution in [1.82, 2.24) is 9.97 Å². The Labute approximate surface area is 332 Å². The molecule has 0 atom stereocenters. The summed E-state index contributed by atoms with van der Waals surface area (Å²) in [5, 5.41) is 31.3. The number of pyridine rings is 2. The molecule has 0 aliphatic heterocycles. The van der Waals surface area contributed by atoms with Gasteiger partial charge in [-0.15, -0.1) is 0 Å². The number of nitrogens with one attached hydrogen (secondary N) is 4. The summed E-state index contributed by atoms with van der Waals surface area (Å²) < 4.78 is 0. The number of hydrogen-bond acceptors (Lipinski definition) is 8. The first-order valence-electron chi connectivity index (χ1n) is 19.0. The van der Waals surface area contributed by atoms with Crippen molar-refractivity contribution in [2.75, 3.05) is 21.3 Å². The second-order valence-corrected chi connectivity index (χ2v) is 14.3. The summed E-state index contributed by atoms with van der Waals surface area (Å²) in [5.41, 5.74) is 7.72. The molecule has 0 spiro atoms. The van der Waals surface area contributed by atoms with Gasteiger partial charge < -0.3 is 21.3 Å². The third kappa shape index (κ3) is 9.16. The quantitative estimate of drug-likeness (QED) is 0.0964. The summed E-state index contributed by atoms with van der Waals surface area (Å²) in [6, 6.07) is 42.7. The highest BCUT2D eigenvalue weighted by atomic mass is 16.2. The molecule has 0 saturated heterocycles. The largest absolute Gasteiger partial charge is 0.380 e. The second-order valence-electron chi connectivity index (χ2n) is 14.3. The fraction of sp³-hybridized carbons (Fsp3) is 0.191. The standard InChI is InChI=1S/C24H22N4O.C23H20N4O/c25-17-24(12-3-13-24)19-6-8-20(9-7-19)28-23(29)21-4-1-2-5-22(21)27-16-18-10-14-26-15-11-18;24-16-23(11-12-23)18-5-7-19(8-6-18)27-22(28)20-3-1-2-4-21(20)26-15-17-9-13-25-14-10-17/h1-2,4-11,14-15,27H,3,12-13,16H2,(H,28,29);1-10,13-14,26H,11-12,15H2,(H,27,28). The molecule has 8 rings (SSSR count). The second kappa shape index (κ2) is 17.4. The van der Waals surface area contributed by atoms with Crippen LogP contribution in [0.5, 0.6) is 0 Å². The number of amides is 2. The number of nitriles is 2. The van der Waals surface area contributed by atoms with Crippen LogP contribution in [0.4, 0.5) is 22.7 Å². The van der Waals surface area contributed by atoms with Crippen LogP contribution in [-0.2, 0) is 23.9 Å². The number of carbonyl (C=O) groups excluding carboxylic acids is 2. The molecule has 0 unspecified atom stereocenters. The van der Waals surface area contributed by atoms with E-state index >= 15 is 0 Å². The molecule has 10 nitrogen and oxygen atoms in total. The third-order valence-electron chi connectivity index (χ3n) is 10.6. The normalized spacial score (nSPS) is 14.1. The summed E-state index contributed by atoms with van der Waals surface area (Å²) in [6.07, 6.45) is 11.7. The van der Waals surface area contributed by atoms with Gasteiger partial charge in [0.2, 0.25) is 0 Å². The van der Waals surface area contributed by atoms with Crippen LogP contribution in [0.25, 0.3) is 0 Å². The number of rotatable bonds is 12. The van der Waals surface area contributed by atoms with Crippen molar-refractivity contribution in [3.05, 3.63) is 179 Å². The highest BCUT2D eigenvalue weighted by molar-refractivity contribution is 6.08. The molecule has 4 N–H and O–H groups in total. The molecule has 2 fully saturated rings. The van der Waals surface area contributed by atoms with E-state index in [1.807, 2.05) is 109 Å². The van der Waals surface area contributed by atoms with Gasteiger partial charge in [0.05, 0.1) is 34.1 Å². The minimum absolute atomic E-state index is 0.172. The van der Waals surface area contributed by atoms with Crippen LogP contribution in [0, 0.1) is 22.7 Å². The number of nitrogens with zero attached hydrogens (tertiary/aromatic N) is 4. The van der Waals surface area contributed by atoms with Crippen LogP contribution in [0.2, 0.25) is 0 Å². The zero-order chi connectivity index (χ0) is 39.5. The van der Waals surface area contributed by atoms with E-state index in [1.54, 1.807) is 36.9 Å². The maximum absolute atomic E-state index is 12.8. The van der Waals surface area contributed by atoms with Crippen molar-refractivity contribution in [2.45, 2.75) is 56.0 Å². The minimum atomic E-state index is -0.341. The van der Waals surface area contributed by atoms with E-state index in [-0.39, 0.29) is 22.6 Å². The molecule has 0 bridgehead atoms. The lowest BCUT2D eigenvalue weighted by atomic mass is 9.65. The zero-order valence-corrected chi connectivity index (χ0v) is 31.4. The number of carbonyl (C=O) groups is 2. The molecule has 4 aromatic carbocycles. The smallest absolute Gasteiger partial charge is 0.257 e. The van der Waals surface area contributed by atoms with Gasteiger partial charge in [-0.3, -0.25) is 19.6 Å². The zero-order valence-electron chi connectivity index (χ0n) is 31.4. The Morgan fingerprint density at radius 2 is 0.912 bits per heavy atom. The fourth-order valence-corrected chi connectivity index (χ4v) is 6.79. The van der Waals surface area contributed by atoms with Crippen LogP contribution < -0.4 is 21.3 Å². The lowest BCUT2D eigenvalue weighted by Crippen LogP contribution is -2.32. The number of para-hydroxylation sites is 2. The molecule has 0 radical (unpaired) electrons.